The lowest BCUT2D eigenvalue weighted by Crippen LogP contribution is -2.13. The van der Waals surface area contributed by atoms with Gasteiger partial charge in [-0.05, 0) is 48.9 Å². The smallest absolute Gasteiger partial charge is 0.261 e. The molecule has 1 N–H and O–H groups in total. The van der Waals surface area contributed by atoms with E-state index in [0.29, 0.717) is 5.69 Å². The largest absolute Gasteiger partial charge is 0.280 e. The lowest BCUT2D eigenvalue weighted by atomic mass is 10.2. The van der Waals surface area contributed by atoms with Gasteiger partial charge in [-0.25, -0.2) is 8.42 Å². The lowest BCUT2D eigenvalue weighted by Gasteiger charge is -2.10. The summed E-state index contributed by atoms with van der Waals surface area (Å²) in [6.07, 6.45) is 0. The average molecular weight is 395 g/mol. The molecule has 0 spiro atoms. The van der Waals surface area contributed by atoms with Gasteiger partial charge in [-0.15, -0.1) is 0 Å². The second-order valence-electron chi connectivity index (χ2n) is 4.17. The molecule has 0 aliphatic heterocycles. The summed E-state index contributed by atoms with van der Waals surface area (Å²) in [5.41, 5.74) is 1.40. The molecule has 0 bridgehead atoms. The SMILES string of the molecule is Cc1cc(NS(=O)(=O)c2cc(Cl)cc(Cl)c2)ccc1Br. The Balaban J connectivity index is 2.37. The quantitative estimate of drug-likeness (QED) is 0.807. The Morgan fingerprint density at radius 3 is 2.20 bits per heavy atom. The van der Waals surface area contributed by atoms with Crippen molar-refractivity contribution < 1.29 is 8.42 Å². The minimum atomic E-state index is -3.72. The van der Waals surface area contributed by atoms with Crippen molar-refractivity contribution in [3.05, 3.63) is 56.5 Å². The van der Waals surface area contributed by atoms with Crippen LogP contribution < -0.4 is 4.72 Å². The molecular formula is C13H10BrCl2NO2S. The number of hydrogen-bond acceptors (Lipinski definition) is 2. The highest BCUT2D eigenvalue weighted by Gasteiger charge is 2.16. The van der Waals surface area contributed by atoms with E-state index in [1.54, 1.807) is 18.2 Å². The Morgan fingerprint density at radius 2 is 1.65 bits per heavy atom. The molecule has 0 amide bonds. The van der Waals surface area contributed by atoms with E-state index in [2.05, 4.69) is 20.7 Å². The summed E-state index contributed by atoms with van der Waals surface area (Å²) < 4.78 is 27.9. The maximum Gasteiger partial charge on any atom is 0.261 e. The zero-order chi connectivity index (χ0) is 14.9. The van der Waals surface area contributed by atoms with Gasteiger partial charge in [-0.1, -0.05) is 39.1 Å². The van der Waals surface area contributed by atoms with Crippen LogP contribution in [-0.4, -0.2) is 8.42 Å². The first kappa shape index (κ1) is 15.6. The summed E-state index contributed by atoms with van der Waals surface area (Å²) in [7, 11) is -3.72. The van der Waals surface area contributed by atoms with Crippen molar-refractivity contribution in [3.8, 4) is 0 Å². The molecule has 0 saturated heterocycles. The Hall–Kier alpha value is -0.750. The Bertz CT molecular complexity index is 743. The number of halogens is 3. The van der Waals surface area contributed by atoms with Crippen LogP contribution in [0.25, 0.3) is 0 Å². The van der Waals surface area contributed by atoms with Crippen molar-refractivity contribution in [1.29, 1.82) is 0 Å². The number of benzene rings is 2. The van der Waals surface area contributed by atoms with Crippen LogP contribution in [-0.2, 0) is 10.0 Å². The molecule has 3 nitrogen and oxygen atoms in total. The molecule has 0 heterocycles. The van der Waals surface area contributed by atoms with E-state index in [1.165, 1.54) is 18.2 Å². The summed E-state index contributed by atoms with van der Waals surface area (Å²) in [6.45, 7) is 1.87. The standard InChI is InChI=1S/C13H10BrCl2NO2S/c1-8-4-11(2-3-13(8)14)17-20(18,19)12-6-9(15)5-10(16)7-12/h2-7,17H,1H3. The molecular weight excluding hydrogens is 385 g/mol. The highest BCUT2D eigenvalue weighted by atomic mass is 79.9. The average Bonchev–Trinajstić information content (AvgIpc) is 2.32. The molecule has 0 saturated carbocycles. The molecule has 2 aromatic rings. The molecule has 2 aromatic carbocycles. The molecule has 2 rings (SSSR count). The summed E-state index contributed by atoms with van der Waals surface area (Å²) in [5, 5.41) is 0.537. The third kappa shape index (κ3) is 3.67. The van der Waals surface area contributed by atoms with Crippen molar-refractivity contribution in [2.24, 2.45) is 0 Å². The van der Waals surface area contributed by atoms with Gasteiger partial charge in [0.1, 0.15) is 0 Å². The number of anilines is 1. The molecule has 0 aliphatic carbocycles. The minimum Gasteiger partial charge on any atom is -0.280 e. The number of nitrogens with one attached hydrogen (secondary N) is 1. The Kier molecular flexibility index (Phi) is 4.64. The fourth-order valence-electron chi connectivity index (χ4n) is 1.61. The van der Waals surface area contributed by atoms with Crippen LogP contribution in [0.1, 0.15) is 5.56 Å². The second-order valence-corrected chi connectivity index (χ2v) is 7.58. The third-order valence-corrected chi connectivity index (χ3v) is 5.24. The molecule has 0 unspecified atom stereocenters. The summed E-state index contributed by atoms with van der Waals surface area (Å²) in [5.74, 6) is 0. The molecule has 7 heteroatoms. The van der Waals surface area contributed by atoms with Crippen LogP contribution in [0.5, 0.6) is 0 Å². The van der Waals surface area contributed by atoms with Crippen LogP contribution in [0.3, 0.4) is 0 Å². The Labute approximate surface area is 136 Å². The van der Waals surface area contributed by atoms with Gasteiger partial charge in [0, 0.05) is 20.2 Å². The van der Waals surface area contributed by atoms with Crippen LogP contribution >= 0.6 is 39.1 Å². The van der Waals surface area contributed by atoms with Gasteiger partial charge >= 0.3 is 0 Å². The third-order valence-electron chi connectivity index (χ3n) is 2.56. The summed E-state index contributed by atoms with van der Waals surface area (Å²) >= 11 is 15.0. The predicted octanol–water partition coefficient (Wildman–Crippen LogP) is 4.87. The molecule has 0 atom stereocenters. The van der Waals surface area contributed by atoms with Crippen molar-refractivity contribution in [1.82, 2.24) is 0 Å². The maximum atomic E-state index is 12.3. The zero-order valence-corrected chi connectivity index (χ0v) is 14.2. The second kappa shape index (κ2) is 5.93. The maximum absolute atomic E-state index is 12.3. The van der Waals surface area contributed by atoms with E-state index in [-0.39, 0.29) is 14.9 Å². The summed E-state index contributed by atoms with van der Waals surface area (Å²) in [4.78, 5) is 0.0237. The topological polar surface area (TPSA) is 46.2 Å². The van der Waals surface area contributed by atoms with Crippen molar-refractivity contribution in [2.45, 2.75) is 11.8 Å². The van der Waals surface area contributed by atoms with E-state index < -0.39 is 10.0 Å². The number of hydrogen-bond donors (Lipinski definition) is 1. The van der Waals surface area contributed by atoms with Crippen molar-refractivity contribution in [2.75, 3.05) is 4.72 Å². The van der Waals surface area contributed by atoms with Gasteiger partial charge < -0.3 is 0 Å². The number of aryl methyl sites for hydroxylation is 1. The molecule has 0 radical (unpaired) electrons. The normalized spacial score (nSPS) is 11.4. The van der Waals surface area contributed by atoms with Crippen LogP contribution in [0.2, 0.25) is 10.0 Å². The van der Waals surface area contributed by atoms with E-state index >= 15 is 0 Å². The van der Waals surface area contributed by atoms with Gasteiger partial charge in [0.2, 0.25) is 0 Å². The monoisotopic (exact) mass is 393 g/mol. The first-order valence-corrected chi connectivity index (χ1v) is 8.56. The van der Waals surface area contributed by atoms with Gasteiger partial charge in [0.15, 0.2) is 0 Å². The van der Waals surface area contributed by atoms with E-state index in [1.807, 2.05) is 6.92 Å². The molecule has 0 aromatic heterocycles. The Morgan fingerprint density at radius 1 is 1.05 bits per heavy atom. The first-order valence-electron chi connectivity index (χ1n) is 5.53. The molecule has 0 fully saturated rings. The molecule has 106 valence electrons. The number of sulfonamides is 1. The van der Waals surface area contributed by atoms with Gasteiger partial charge in [-0.3, -0.25) is 4.72 Å². The van der Waals surface area contributed by atoms with Crippen LogP contribution in [0.4, 0.5) is 5.69 Å². The van der Waals surface area contributed by atoms with Gasteiger partial charge in [0.25, 0.3) is 10.0 Å². The lowest BCUT2D eigenvalue weighted by molar-refractivity contribution is 0.601. The van der Waals surface area contributed by atoms with Crippen LogP contribution in [0.15, 0.2) is 45.8 Å². The van der Waals surface area contributed by atoms with E-state index in [0.717, 1.165) is 10.0 Å². The van der Waals surface area contributed by atoms with Crippen LogP contribution in [0, 0.1) is 6.92 Å². The van der Waals surface area contributed by atoms with Gasteiger partial charge in [-0.2, -0.15) is 0 Å². The van der Waals surface area contributed by atoms with Gasteiger partial charge in [0.05, 0.1) is 4.90 Å². The zero-order valence-electron chi connectivity index (χ0n) is 10.3. The first-order chi connectivity index (χ1) is 9.28. The number of rotatable bonds is 3. The van der Waals surface area contributed by atoms with Crippen molar-refractivity contribution in [3.63, 3.8) is 0 Å². The van der Waals surface area contributed by atoms with Crippen molar-refractivity contribution >= 4 is 54.8 Å². The summed E-state index contributed by atoms with van der Waals surface area (Å²) in [6, 6.07) is 9.35. The molecule has 0 aliphatic rings. The highest BCUT2D eigenvalue weighted by Crippen LogP contribution is 2.25. The highest BCUT2D eigenvalue weighted by molar-refractivity contribution is 9.10. The van der Waals surface area contributed by atoms with E-state index in [4.69, 9.17) is 23.2 Å². The predicted molar refractivity (Wildman–Crippen MR) is 86.1 cm³/mol. The fraction of sp³-hybridized carbons (Fsp3) is 0.0769. The fourth-order valence-corrected chi connectivity index (χ4v) is 3.63. The minimum absolute atomic E-state index is 0.0237. The molecule has 20 heavy (non-hydrogen) atoms. The van der Waals surface area contributed by atoms with E-state index in [9.17, 15) is 8.42 Å².